The van der Waals surface area contributed by atoms with E-state index in [1.807, 2.05) is 18.7 Å². The van der Waals surface area contributed by atoms with Gasteiger partial charge >= 0.3 is 6.03 Å². The number of piperazine rings is 1. The number of carbonyl (C=O) groups excluding carboxylic acids is 2. The van der Waals surface area contributed by atoms with Gasteiger partial charge in [-0.1, -0.05) is 0 Å². The maximum absolute atomic E-state index is 12.2. The molecule has 3 amide bonds. The molecular formula is C16H26N6O2. The van der Waals surface area contributed by atoms with Gasteiger partial charge in [0.2, 0.25) is 11.9 Å². The molecule has 0 saturated carbocycles. The third kappa shape index (κ3) is 4.81. The van der Waals surface area contributed by atoms with Crippen LogP contribution in [0.15, 0.2) is 18.5 Å². The molecule has 0 unspecified atom stereocenters. The molecule has 0 aromatic carbocycles. The number of carbonyl (C=O) groups is 2. The lowest BCUT2D eigenvalue weighted by atomic mass is 10.3. The van der Waals surface area contributed by atoms with E-state index in [9.17, 15) is 9.59 Å². The maximum Gasteiger partial charge on any atom is 0.317 e. The first kappa shape index (κ1) is 18.0. The van der Waals surface area contributed by atoms with Crippen LogP contribution in [0.25, 0.3) is 0 Å². The number of amides is 3. The summed E-state index contributed by atoms with van der Waals surface area (Å²) in [6.07, 6.45) is 3.77. The van der Waals surface area contributed by atoms with E-state index in [1.165, 1.54) is 0 Å². The molecule has 8 nitrogen and oxygen atoms in total. The molecule has 1 fully saturated rings. The van der Waals surface area contributed by atoms with E-state index in [2.05, 4.69) is 20.2 Å². The minimum Gasteiger partial charge on any atom is -0.339 e. The fourth-order valence-electron chi connectivity index (χ4n) is 2.67. The van der Waals surface area contributed by atoms with Gasteiger partial charge in [0.25, 0.3) is 0 Å². The Balaban J connectivity index is 1.70. The molecule has 1 aromatic heterocycles. The van der Waals surface area contributed by atoms with Crippen molar-refractivity contribution < 1.29 is 9.59 Å². The number of anilines is 1. The van der Waals surface area contributed by atoms with E-state index in [-0.39, 0.29) is 11.9 Å². The van der Waals surface area contributed by atoms with Crippen molar-refractivity contribution in [2.24, 2.45) is 0 Å². The van der Waals surface area contributed by atoms with Gasteiger partial charge in [-0.15, -0.1) is 0 Å². The number of hydrogen-bond acceptors (Lipinski definition) is 5. The number of nitrogens with zero attached hydrogens (tertiary/aromatic N) is 5. The molecule has 0 spiro atoms. The molecule has 1 aliphatic heterocycles. The second-order valence-electron chi connectivity index (χ2n) is 5.57. The van der Waals surface area contributed by atoms with Crippen molar-refractivity contribution in [2.75, 3.05) is 50.7 Å². The number of rotatable bonds is 6. The number of aromatic nitrogens is 2. The van der Waals surface area contributed by atoms with Crippen LogP contribution in [-0.2, 0) is 4.79 Å². The van der Waals surface area contributed by atoms with Crippen LogP contribution in [-0.4, -0.2) is 77.5 Å². The summed E-state index contributed by atoms with van der Waals surface area (Å²) < 4.78 is 0. The highest BCUT2D eigenvalue weighted by molar-refractivity contribution is 5.78. The van der Waals surface area contributed by atoms with E-state index < -0.39 is 0 Å². The average molecular weight is 334 g/mol. The molecule has 8 heteroatoms. The van der Waals surface area contributed by atoms with Gasteiger partial charge in [-0.3, -0.25) is 4.79 Å². The summed E-state index contributed by atoms with van der Waals surface area (Å²) in [6, 6.07) is 1.68. The zero-order valence-electron chi connectivity index (χ0n) is 14.4. The predicted octanol–water partition coefficient (Wildman–Crippen LogP) is 0.567. The van der Waals surface area contributed by atoms with E-state index >= 15 is 0 Å². The Labute approximate surface area is 142 Å². The summed E-state index contributed by atoms with van der Waals surface area (Å²) in [7, 11) is 0. The monoisotopic (exact) mass is 334 g/mol. The third-order valence-electron chi connectivity index (χ3n) is 4.13. The van der Waals surface area contributed by atoms with Crippen LogP contribution < -0.4 is 10.2 Å². The van der Waals surface area contributed by atoms with Gasteiger partial charge in [0.1, 0.15) is 0 Å². The number of hydrogen-bond donors (Lipinski definition) is 1. The molecule has 0 atom stereocenters. The largest absolute Gasteiger partial charge is 0.339 e. The molecule has 2 rings (SSSR count). The SMILES string of the molecule is CCN(CC)C(=O)NCCC(=O)N1CCN(c2ncccn2)CC1. The molecule has 0 aliphatic carbocycles. The van der Waals surface area contributed by atoms with Gasteiger partial charge in [-0.2, -0.15) is 0 Å². The molecule has 0 bridgehead atoms. The van der Waals surface area contributed by atoms with Gasteiger partial charge in [-0.25, -0.2) is 14.8 Å². The molecular weight excluding hydrogens is 308 g/mol. The first-order valence-electron chi connectivity index (χ1n) is 8.48. The zero-order chi connectivity index (χ0) is 17.4. The van der Waals surface area contributed by atoms with Crippen molar-refractivity contribution in [1.82, 2.24) is 25.1 Å². The fraction of sp³-hybridized carbons (Fsp3) is 0.625. The van der Waals surface area contributed by atoms with Gasteiger partial charge < -0.3 is 20.0 Å². The molecule has 1 saturated heterocycles. The van der Waals surface area contributed by atoms with Gasteiger partial charge in [0, 0.05) is 64.6 Å². The van der Waals surface area contributed by atoms with Gasteiger partial charge in [0.15, 0.2) is 0 Å². The topological polar surface area (TPSA) is 81.7 Å². The first-order valence-corrected chi connectivity index (χ1v) is 8.48. The summed E-state index contributed by atoms with van der Waals surface area (Å²) >= 11 is 0. The fourth-order valence-corrected chi connectivity index (χ4v) is 2.67. The Kier molecular flexibility index (Phi) is 6.77. The Morgan fingerprint density at radius 3 is 2.33 bits per heavy atom. The summed E-state index contributed by atoms with van der Waals surface area (Å²) in [5.41, 5.74) is 0. The third-order valence-corrected chi connectivity index (χ3v) is 4.13. The predicted molar refractivity (Wildman–Crippen MR) is 91.8 cm³/mol. The van der Waals surface area contributed by atoms with Crippen LogP contribution in [0.2, 0.25) is 0 Å². The first-order chi connectivity index (χ1) is 11.7. The smallest absolute Gasteiger partial charge is 0.317 e. The lowest BCUT2D eigenvalue weighted by molar-refractivity contribution is -0.131. The standard InChI is InChI=1S/C16H26N6O2/c1-3-20(4-2)16(24)19-9-6-14(23)21-10-12-22(13-11-21)15-17-7-5-8-18-15/h5,7-8H,3-4,6,9-13H2,1-2H3,(H,19,24). The average Bonchev–Trinajstić information content (AvgIpc) is 2.63. The highest BCUT2D eigenvalue weighted by Crippen LogP contribution is 2.10. The number of nitrogens with one attached hydrogen (secondary N) is 1. The van der Waals surface area contributed by atoms with Crippen molar-refractivity contribution in [2.45, 2.75) is 20.3 Å². The van der Waals surface area contributed by atoms with Crippen LogP contribution >= 0.6 is 0 Å². The van der Waals surface area contributed by atoms with Crippen molar-refractivity contribution in [3.8, 4) is 0 Å². The lowest BCUT2D eigenvalue weighted by Gasteiger charge is -2.34. The van der Waals surface area contributed by atoms with E-state index in [1.54, 1.807) is 23.4 Å². The quantitative estimate of drug-likeness (QED) is 0.822. The number of urea groups is 1. The maximum atomic E-state index is 12.2. The summed E-state index contributed by atoms with van der Waals surface area (Å²) in [5, 5.41) is 2.80. The zero-order valence-corrected chi connectivity index (χ0v) is 14.4. The summed E-state index contributed by atoms with van der Waals surface area (Å²) in [4.78, 5) is 38.2. The highest BCUT2D eigenvalue weighted by atomic mass is 16.2. The van der Waals surface area contributed by atoms with Crippen LogP contribution in [0, 0.1) is 0 Å². The Hall–Kier alpha value is -2.38. The molecule has 0 radical (unpaired) electrons. The van der Waals surface area contributed by atoms with Crippen molar-refractivity contribution in [1.29, 1.82) is 0 Å². The molecule has 132 valence electrons. The van der Waals surface area contributed by atoms with Crippen LogP contribution in [0.5, 0.6) is 0 Å². The Morgan fingerprint density at radius 2 is 1.75 bits per heavy atom. The van der Waals surface area contributed by atoms with Crippen LogP contribution in [0.3, 0.4) is 0 Å². The molecule has 1 N–H and O–H groups in total. The molecule has 1 aromatic rings. The normalized spacial score (nSPS) is 14.4. The van der Waals surface area contributed by atoms with Crippen LogP contribution in [0.4, 0.5) is 10.7 Å². The molecule has 1 aliphatic rings. The lowest BCUT2D eigenvalue weighted by Crippen LogP contribution is -2.50. The van der Waals surface area contributed by atoms with Gasteiger partial charge in [0.05, 0.1) is 0 Å². The minimum atomic E-state index is -0.112. The highest BCUT2D eigenvalue weighted by Gasteiger charge is 2.22. The summed E-state index contributed by atoms with van der Waals surface area (Å²) in [6.45, 7) is 8.33. The summed E-state index contributed by atoms with van der Waals surface area (Å²) in [5.74, 6) is 0.777. The van der Waals surface area contributed by atoms with E-state index in [0.29, 0.717) is 45.1 Å². The second kappa shape index (κ2) is 9.05. The van der Waals surface area contributed by atoms with Crippen molar-refractivity contribution in [3.63, 3.8) is 0 Å². The van der Waals surface area contributed by atoms with Crippen molar-refractivity contribution >= 4 is 17.9 Å². The van der Waals surface area contributed by atoms with Gasteiger partial charge in [-0.05, 0) is 19.9 Å². The molecule has 24 heavy (non-hydrogen) atoms. The van der Waals surface area contributed by atoms with Crippen molar-refractivity contribution in [3.05, 3.63) is 18.5 Å². The second-order valence-corrected chi connectivity index (χ2v) is 5.57. The minimum absolute atomic E-state index is 0.0727. The molecule has 2 heterocycles. The van der Waals surface area contributed by atoms with Crippen LogP contribution in [0.1, 0.15) is 20.3 Å². The Bertz CT molecular complexity index is 527. The Morgan fingerprint density at radius 1 is 1.12 bits per heavy atom. The van der Waals surface area contributed by atoms with E-state index in [0.717, 1.165) is 13.1 Å². The van der Waals surface area contributed by atoms with E-state index in [4.69, 9.17) is 0 Å².